The van der Waals surface area contributed by atoms with Crippen molar-refractivity contribution >= 4 is 22.8 Å². The molecule has 2 aromatic heterocycles. The van der Waals surface area contributed by atoms with E-state index in [0.29, 0.717) is 13.1 Å². The molecule has 0 aliphatic carbocycles. The third-order valence-electron chi connectivity index (χ3n) is 4.95. The number of fused-ring (bicyclic) bond motifs is 1. The minimum absolute atomic E-state index is 0.0329. The zero-order valence-electron chi connectivity index (χ0n) is 15.7. The van der Waals surface area contributed by atoms with Crippen LogP contribution in [0.1, 0.15) is 5.56 Å². The number of anilines is 1. The molecule has 3 aromatic rings. The summed E-state index contributed by atoms with van der Waals surface area (Å²) in [5, 5.41) is 8.09. The first-order valence-electron chi connectivity index (χ1n) is 9.21. The van der Waals surface area contributed by atoms with Gasteiger partial charge in [-0.05, 0) is 17.7 Å². The molecular weight excluding hydrogens is 361 g/mol. The van der Waals surface area contributed by atoms with E-state index in [-0.39, 0.29) is 11.7 Å². The van der Waals surface area contributed by atoms with E-state index >= 15 is 0 Å². The Morgan fingerprint density at radius 1 is 1.14 bits per heavy atom. The van der Waals surface area contributed by atoms with Crippen LogP contribution in [0.15, 0.2) is 36.8 Å². The Bertz CT molecular complexity index is 964. The summed E-state index contributed by atoms with van der Waals surface area (Å²) >= 11 is 0. The average molecular weight is 383 g/mol. The molecule has 3 heterocycles. The van der Waals surface area contributed by atoms with E-state index in [4.69, 9.17) is 0 Å². The summed E-state index contributed by atoms with van der Waals surface area (Å²) in [6.45, 7) is 3.87. The Morgan fingerprint density at radius 3 is 2.64 bits per heavy atom. The van der Waals surface area contributed by atoms with Crippen molar-refractivity contribution in [2.24, 2.45) is 7.05 Å². The number of nitrogens with zero attached hydrogens (tertiary/aromatic N) is 6. The van der Waals surface area contributed by atoms with E-state index in [1.165, 1.54) is 12.1 Å². The van der Waals surface area contributed by atoms with E-state index in [9.17, 15) is 9.18 Å². The molecule has 4 rings (SSSR count). The number of rotatable bonds is 5. The first-order chi connectivity index (χ1) is 13.6. The molecule has 1 N–H and O–H groups in total. The molecule has 0 spiro atoms. The van der Waals surface area contributed by atoms with Gasteiger partial charge in [0.15, 0.2) is 5.65 Å². The topological polar surface area (TPSA) is 79.2 Å². The molecule has 9 heteroatoms. The molecule has 1 fully saturated rings. The lowest BCUT2D eigenvalue weighted by Gasteiger charge is -2.35. The van der Waals surface area contributed by atoms with Gasteiger partial charge in [-0.2, -0.15) is 5.10 Å². The average Bonchev–Trinajstić information content (AvgIpc) is 3.09. The predicted octanol–water partition coefficient (Wildman–Crippen LogP) is 0.941. The van der Waals surface area contributed by atoms with Gasteiger partial charge in [0.2, 0.25) is 5.91 Å². The molecule has 1 amide bonds. The molecule has 0 radical (unpaired) electrons. The quantitative estimate of drug-likeness (QED) is 0.707. The van der Waals surface area contributed by atoms with E-state index in [2.05, 4.69) is 30.2 Å². The fourth-order valence-electron chi connectivity index (χ4n) is 3.38. The number of amides is 1. The second-order valence-electron chi connectivity index (χ2n) is 6.87. The first-order valence-corrected chi connectivity index (χ1v) is 9.21. The van der Waals surface area contributed by atoms with Crippen LogP contribution in [0.2, 0.25) is 0 Å². The normalized spacial score (nSPS) is 15.1. The van der Waals surface area contributed by atoms with Crippen molar-refractivity contribution < 1.29 is 9.18 Å². The monoisotopic (exact) mass is 383 g/mol. The fourth-order valence-corrected chi connectivity index (χ4v) is 3.38. The highest BCUT2D eigenvalue weighted by molar-refractivity contribution is 5.86. The van der Waals surface area contributed by atoms with Gasteiger partial charge < -0.3 is 10.2 Å². The van der Waals surface area contributed by atoms with Crippen molar-refractivity contribution in [3.8, 4) is 0 Å². The maximum atomic E-state index is 12.9. The Hall–Kier alpha value is -3.07. The molecule has 146 valence electrons. The number of carbonyl (C=O) groups is 1. The highest BCUT2D eigenvalue weighted by Gasteiger charge is 2.22. The maximum absolute atomic E-state index is 12.9. The summed E-state index contributed by atoms with van der Waals surface area (Å²) in [5.74, 6) is 0.577. The zero-order valence-corrected chi connectivity index (χ0v) is 15.7. The first kappa shape index (κ1) is 18.3. The summed E-state index contributed by atoms with van der Waals surface area (Å²) in [5.41, 5.74) is 1.69. The van der Waals surface area contributed by atoms with Crippen LogP contribution in [0.4, 0.5) is 10.2 Å². The Balaban J connectivity index is 1.29. The van der Waals surface area contributed by atoms with Gasteiger partial charge in [-0.1, -0.05) is 12.1 Å². The SMILES string of the molecule is Cn1ncc2c(N3CCN(CC(=O)NCc4ccc(F)cc4)CC3)ncnc21. The van der Waals surface area contributed by atoms with Crippen molar-refractivity contribution in [2.75, 3.05) is 37.6 Å². The van der Waals surface area contributed by atoms with E-state index in [0.717, 1.165) is 48.6 Å². The molecule has 28 heavy (non-hydrogen) atoms. The number of aromatic nitrogens is 4. The highest BCUT2D eigenvalue weighted by atomic mass is 19.1. The van der Waals surface area contributed by atoms with E-state index in [1.54, 1.807) is 29.3 Å². The second-order valence-corrected chi connectivity index (χ2v) is 6.87. The fraction of sp³-hybridized carbons (Fsp3) is 0.368. The number of piperazine rings is 1. The van der Waals surface area contributed by atoms with Crippen molar-refractivity contribution in [1.29, 1.82) is 0 Å². The number of aryl methyl sites for hydroxylation is 1. The lowest BCUT2D eigenvalue weighted by atomic mass is 10.2. The number of benzene rings is 1. The molecule has 1 aliphatic heterocycles. The van der Waals surface area contributed by atoms with E-state index in [1.807, 2.05) is 7.05 Å². The summed E-state index contributed by atoms with van der Waals surface area (Å²) < 4.78 is 14.7. The minimum atomic E-state index is -0.278. The van der Waals surface area contributed by atoms with Crippen molar-refractivity contribution in [1.82, 2.24) is 30.0 Å². The van der Waals surface area contributed by atoms with Crippen LogP contribution in [-0.4, -0.2) is 63.3 Å². The van der Waals surface area contributed by atoms with Gasteiger partial charge in [0.1, 0.15) is 18.0 Å². The minimum Gasteiger partial charge on any atom is -0.353 e. The number of carbonyl (C=O) groups excluding carboxylic acids is 1. The summed E-state index contributed by atoms with van der Waals surface area (Å²) in [6.07, 6.45) is 3.36. The van der Waals surface area contributed by atoms with Gasteiger partial charge in [0.25, 0.3) is 0 Å². The van der Waals surface area contributed by atoms with Crippen LogP contribution in [-0.2, 0) is 18.4 Å². The molecule has 0 saturated carbocycles. The predicted molar refractivity (Wildman–Crippen MR) is 103 cm³/mol. The summed E-state index contributed by atoms with van der Waals surface area (Å²) in [4.78, 5) is 25.3. The molecule has 0 unspecified atom stereocenters. The molecule has 0 atom stereocenters. The standard InChI is InChI=1S/C19H22FN7O/c1-25-18-16(11-24-25)19(23-13-22-18)27-8-6-26(7-9-27)12-17(28)21-10-14-2-4-15(20)5-3-14/h2-5,11,13H,6-10,12H2,1H3,(H,21,28). The van der Waals surface area contributed by atoms with Crippen molar-refractivity contribution in [2.45, 2.75) is 6.54 Å². The van der Waals surface area contributed by atoms with Crippen LogP contribution in [0.3, 0.4) is 0 Å². The Kier molecular flexibility index (Phi) is 5.16. The molecule has 8 nitrogen and oxygen atoms in total. The lowest BCUT2D eigenvalue weighted by molar-refractivity contribution is -0.122. The van der Waals surface area contributed by atoms with Crippen LogP contribution in [0, 0.1) is 5.82 Å². The third-order valence-corrected chi connectivity index (χ3v) is 4.95. The number of hydrogen-bond donors (Lipinski definition) is 1. The van der Waals surface area contributed by atoms with Gasteiger partial charge in [0.05, 0.1) is 18.1 Å². The van der Waals surface area contributed by atoms with E-state index < -0.39 is 0 Å². The largest absolute Gasteiger partial charge is 0.353 e. The maximum Gasteiger partial charge on any atom is 0.234 e. The van der Waals surface area contributed by atoms with Gasteiger partial charge in [-0.3, -0.25) is 14.4 Å². The lowest BCUT2D eigenvalue weighted by Crippen LogP contribution is -2.49. The van der Waals surface area contributed by atoms with Crippen LogP contribution >= 0.6 is 0 Å². The second kappa shape index (κ2) is 7.89. The molecular formula is C19H22FN7O. The van der Waals surface area contributed by atoms with Gasteiger partial charge in [-0.25, -0.2) is 14.4 Å². The summed E-state index contributed by atoms with van der Waals surface area (Å²) in [7, 11) is 1.86. The van der Waals surface area contributed by atoms with Crippen LogP contribution in [0.5, 0.6) is 0 Å². The molecule has 1 saturated heterocycles. The molecule has 0 bridgehead atoms. The number of halogens is 1. The van der Waals surface area contributed by atoms with Crippen LogP contribution in [0.25, 0.3) is 11.0 Å². The Labute approximate surface area is 162 Å². The summed E-state index contributed by atoms with van der Waals surface area (Å²) in [6, 6.07) is 6.14. The molecule has 1 aliphatic rings. The molecule has 1 aromatic carbocycles. The van der Waals surface area contributed by atoms with Crippen LogP contribution < -0.4 is 10.2 Å². The van der Waals surface area contributed by atoms with Gasteiger partial charge in [-0.15, -0.1) is 0 Å². The number of hydrogen-bond acceptors (Lipinski definition) is 6. The third kappa shape index (κ3) is 3.94. The smallest absolute Gasteiger partial charge is 0.234 e. The van der Waals surface area contributed by atoms with Crippen molar-refractivity contribution in [3.05, 3.63) is 48.2 Å². The van der Waals surface area contributed by atoms with Gasteiger partial charge in [0, 0.05) is 39.8 Å². The zero-order chi connectivity index (χ0) is 19.5. The van der Waals surface area contributed by atoms with Gasteiger partial charge >= 0.3 is 0 Å². The number of nitrogens with one attached hydrogen (secondary N) is 1. The highest BCUT2D eigenvalue weighted by Crippen LogP contribution is 2.23. The van der Waals surface area contributed by atoms with Crippen molar-refractivity contribution in [3.63, 3.8) is 0 Å². The Morgan fingerprint density at radius 2 is 1.89 bits per heavy atom.